The van der Waals surface area contributed by atoms with Crippen LogP contribution in [0.1, 0.15) is 0 Å². The summed E-state index contributed by atoms with van der Waals surface area (Å²) in [4.78, 5) is 21.7. The Hall–Kier alpha value is -2.21. The van der Waals surface area contributed by atoms with E-state index in [4.69, 9.17) is 4.74 Å². The fourth-order valence-corrected chi connectivity index (χ4v) is 2.24. The van der Waals surface area contributed by atoms with E-state index in [1.807, 2.05) is 30.5 Å². The molecule has 0 bridgehead atoms. The van der Waals surface area contributed by atoms with Gasteiger partial charge in [0.1, 0.15) is 11.3 Å². The number of rotatable bonds is 3. The lowest BCUT2D eigenvalue weighted by Gasteiger charge is -2.07. The van der Waals surface area contributed by atoms with Crippen molar-refractivity contribution >= 4 is 22.9 Å². The number of fused-ring (bicyclic) bond motifs is 1. The predicted octanol–water partition coefficient (Wildman–Crippen LogP) is 2.77. The van der Waals surface area contributed by atoms with Gasteiger partial charge in [-0.25, -0.2) is 9.78 Å². The van der Waals surface area contributed by atoms with E-state index in [-0.39, 0.29) is 5.69 Å². The number of imidazole rings is 1. The van der Waals surface area contributed by atoms with Crippen molar-refractivity contribution in [2.75, 3.05) is 6.26 Å². The van der Waals surface area contributed by atoms with Crippen LogP contribution in [0.4, 0.5) is 0 Å². The van der Waals surface area contributed by atoms with Gasteiger partial charge in [-0.05, 0) is 24.5 Å². The van der Waals surface area contributed by atoms with Crippen LogP contribution in [-0.2, 0) is 0 Å². The lowest BCUT2D eigenvalue weighted by Crippen LogP contribution is -1.99. The lowest BCUT2D eigenvalue weighted by molar-refractivity contribution is 0.485. The number of benzene rings is 1. The zero-order valence-electron chi connectivity index (χ0n) is 10.1. The van der Waals surface area contributed by atoms with Crippen LogP contribution in [0.3, 0.4) is 0 Å². The highest BCUT2D eigenvalue weighted by Gasteiger charge is 2.07. The first-order chi connectivity index (χ1) is 9.26. The highest BCUT2D eigenvalue weighted by molar-refractivity contribution is 7.98. The van der Waals surface area contributed by atoms with E-state index in [0.29, 0.717) is 16.9 Å². The van der Waals surface area contributed by atoms with Gasteiger partial charge in [-0.2, -0.15) is 0 Å². The lowest BCUT2D eigenvalue weighted by atomic mass is 10.3. The summed E-state index contributed by atoms with van der Waals surface area (Å²) in [6.07, 6.45) is 3.60. The molecule has 0 aliphatic rings. The molecule has 0 unspecified atom stereocenters. The first kappa shape index (κ1) is 11.9. The summed E-state index contributed by atoms with van der Waals surface area (Å²) in [5.74, 6) is 1.29. The van der Waals surface area contributed by atoms with E-state index in [9.17, 15) is 4.79 Å². The maximum atomic E-state index is 11.3. The van der Waals surface area contributed by atoms with E-state index in [0.717, 1.165) is 10.6 Å². The molecule has 0 saturated heterocycles. The normalized spacial score (nSPS) is 10.8. The Morgan fingerprint density at radius 3 is 3.00 bits per heavy atom. The van der Waals surface area contributed by atoms with Crippen molar-refractivity contribution in [3.05, 3.63) is 47.0 Å². The fraction of sp³-hybridized carbons (Fsp3) is 0.0769. The first-order valence-electron chi connectivity index (χ1n) is 5.65. The quantitative estimate of drug-likeness (QED) is 0.720. The summed E-state index contributed by atoms with van der Waals surface area (Å²) in [6.45, 7) is 0. The summed E-state index contributed by atoms with van der Waals surface area (Å²) in [7, 11) is 0. The summed E-state index contributed by atoms with van der Waals surface area (Å²) in [5, 5.41) is 0. The Kier molecular flexibility index (Phi) is 3.00. The number of H-pyrrole nitrogens is 2. The molecule has 0 saturated carbocycles. The van der Waals surface area contributed by atoms with Gasteiger partial charge in [0.15, 0.2) is 11.4 Å². The van der Waals surface area contributed by atoms with E-state index in [2.05, 4.69) is 15.0 Å². The average Bonchev–Trinajstić information content (AvgIpc) is 2.80. The average molecular weight is 273 g/mol. The molecule has 0 amide bonds. The molecule has 5 nitrogen and oxygen atoms in total. The Bertz CT molecular complexity index is 779. The van der Waals surface area contributed by atoms with Crippen molar-refractivity contribution in [1.29, 1.82) is 0 Å². The SMILES string of the molecule is CSc1cccc(Oc2ccnc3[nH]c(=O)[nH]c23)c1. The molecule has 2 aromatic heterocycles. The summed E-state index contributed by atoms with van der Waals surface area (Å²) in [6, 6.07) is 9.48. The molecular formula is C13H11N3O2S. The Balaban J connectivity index is 2.02. The highest BCUT2D eigenvalue weighted by Crippen LogP contribution is 2.28. The largest absolute Gasteiger partial charge is 0.455 e. The second-order valence-corrected chi connectivity index (χ2v) is 4.77. The number of hydrogen-bond donors (Lipinski definition) is 2. The molecule has 0 fully saturated rings. The summed E-state index contributed by atoms with van der Waals surface area (Å²) < 4.78 is 5.80. The topological polar surface area (TPSA) is 70.8 Å². The van der Waals surface area contributed by atoms with Gasteiger partial charge in [0, 0.05) is 17.2 Å². The van der Waals surface area contributed by atoms with Crippen molar-refractivity contribution in [3.8, 4) is 11.5 Å². The van der Waals surface area contributed by atoms with Gasteiger partial charge in [-0.15, -0.1) is 11.8 Å². The molecule has 1 aromatic carbocycles. The molecule has 3 rings (SSSR count). The fourth-order valence-electron chi connectivity index (χ4n) is 1.79. The standard InChI is InChI=1S/C13H11N3O2S/c1-19-9-4-2-3-8(7-9)18-10-5-6-14-12-11(10)15-13(17)16-12/h2-7H,1H3,(H2,14,15,16,17). The maximum absolute atomic E-state index is 11.3. The minimum atomic E-state index is -0.295. The van der Waals surface area contributed by atoms with Crippen molar-refractivity contribution in [1.82, 2.24) is 15.0 Å². The number of hydrogen-bond acceptors (Lipinski definition) is 4. The summed E-state index contributed by atoms with van der Waals surface area (Å²) >= 11 is 1.64. The molecule has 0 radical (unpaired) electrons. The van der Waals surface area contributed by atoms with Crippen molar-refractivity contribution in [2.45, 2.75) is 4.90 Å². The molecule has 3 aromatic rings. The number of thioether (sulfide) groups is 1. The van der Waals surface area contributed by atoms with Gasteiger partial charge in [-0.1, -0.05) is 6.07 Å². The number of pyridine rings is 1. The number of ether oxygens (including phenoxy) is 1. The second-order valence-electron chi connectivity index (χ2n) is 3.89. The van der Waals surface area contributed by atoms with Gasteiger partial charge < -0.3 is 9.72 Å². The maximum Gasteiger partial charge on any atom is 0.325 e. The molecule has 2 heterocycles. The highest BCUT2D eigenvalue weighted by atomic mass is 32.2. The van der Waals surface area contributed by atoms with Crippen molar-refractivity contribution in [3.63, 3.8) is 0 Å². The molecule has 2 N–H and O–H groups in total. The second kappa shape index (κ2) is 4.81. The molecule has 0 aliphatic heterocycles. The Morgan fingerprint density at radius 2 is 2.16 bits per heavy atom. The van der Waals surface area contributed by atoms with Crippen LogP contribution >= 0.6 is 11.8 Å². The third-order valence-electron chi connectivity index (χ3n) is 2.65. The molecule has 0 spiro atoms. The van der Waals surface area contributed by atoms with Crippen LogP contribution in [0.2, 0.25) is 0 Å². The molecule has 0 atom stereocenters. The monoisotopic (exact) mass is 273 g/mol. The Labute approximate surface area is 113 Å². The molecule has 0 aliphatic carbocycles. The zero-order chi connectivity index (χ0) is 13.2. The number of aromatic amines is 2. The molecular weight excluding hydrogens is 262 g/mol. The van der Waals surface area contributed by atoms with Crippen LogP contribution in [0.5, 0.6) is 11.5 Å². The van der Waals surface area contributed by atoms with Crippen LogP contribution in [0.15, 0.2) is 46.2 Å². The van der Waals surface area contributed by atoms with Gasteiger partial charge in [0.05, 0.1) is 0 Å². The number of nitrogens with zero attached hydrogens (tertiary/aromatic N) is 1. The van der Waals surface area contributed by atoms with E-state index in [1.54, 1.807) is 24.0 Å². The predicted molar refractivity (Wildman–Crippen MR) is 75.0 cm³/mol. The van der Waals surface area contributed by atoms with Gasteiger partial charge >= 0.3 is 5.69 Å². The summed E-state index contributed by atoms with van der Waals surface area (Å²) in [5.41, 5.74) is 0.766. The van der Waals surface area contributed by atoms with E-state index < -0.39 is 0 Å². The first-order valence-corrected chi connectivity index (χ1v) is 6.87. The van der Waals surface area contributed by atoms with Crippen LogP contribution < -0.4 is 10.4 Å². The zero-order valence-corrected chi connectivity index (χ0v) is 11.0. The van der Waals surface area contributed by atoms with Crippen LogP contribution in [-0.4, -0.2) is 21.2 Å². The van der Waals surface area contributed by atoms with Gasteiger partial charge in [-0.3, -0.25) is 4.98 Å². The van der Waals surface area contributed by atoms with E-state index >= 15 is 0 Å². The number of nitrogens with one attached hydrogen (secondary N) is 2. The molecule has 19 heavy (non-hydrogen) atoms. The molecule has 96 valence electrons. The van der Waals surface area contributed by atoms with Crippen LogP contribution in [0.25, 0.3) is 11.2 Å². The molecule has 6 heteroatoms. The van der Waals surface area contributed by atoms with Gasteiger partial charge in [0.2, 0.25) is 0 Å². The third kappa shape index (κ3) is 2.34. The van der Waals surface area contributed by atoms with Crippen LogP contribution in [0, 0.1) is 0 Å². The minimum Gasteiger partial charge on any atom is -0.455 e. The number of aromatic nitrogens is 3. The third-order valence-corrected chi connectivity index (χ3v) is 3.38. The van der Waals surface area contributed by atoms with Gasteiger partial charge in [0.25, 0.3) is 0 Å². The van der Waals surface area contributed by atoms with Crippen molar-refractivity contribution in [2.24, 2.45) is 0 Å². The van der Waals surface area contributed by atoms with Crippen molar-refractivity contribution < 1.29 is 4.74 Å². The minimum absolute atomic E-state index is 0.295. The Morgan fingerprint density at radius 1 is 1.26 bits per heavy atom. The smallest absolute Gasteiger partial charge is 0.325 e. The van der Waals surface area contributed by atoms with E-state index in [1.165, 1.54) is 0 Å².